The molecule has 2 heterocycles. The Morgan fingerprint density at radius 2 is 2.40 bits per heavy atom. The predicted molar refractivity (Wildman–Crippen MR) is 55.4 cm³/mol. The van der Waals surface area contributed by atoms with Gasteiger partial charge in [-0.25, -0.2) is 0 Å². The molecule has 0 aromatic carbocycles. The fraction of sp³-hybridized carbons (Fsp3) is 0.700. The van der Waals surface area contributed by atoms with Crippen LogP contribution in [0, 0.1) is 0 Å². The number of aryl methyl sites for hydroxylation is 1. The van der Waals surface area contributed by atoms with Crippen LogP contribution in [-0.4, -0.2) is 23.6 Å². The van der Waals surface area contributed by atoms with Crippen molar-refractivity contribution in [3.05, 3.63) is 16.6 Å². The Bertz CT molecular complexity index is 350. The van der Waals surface area contributed by atoms with E-state index in [1.165, 1.54) is 11.3 Å². The van der Waals surface area contributed by atoms with Gasteiger partial charge in [0.05, 0.1) is 12.0 Å². The quantitative estimate of drug-likeness (QED) is 0.763. The normalized spacial score (nSPS) is 26.8. The average molecular weight is 230 g/mol. The SMILES string of the molecule is C[n+]1ccsc1[C@H](O)[C@H]1COC(C)(C)O1. The van der Waals surface area contributed by atoms with E-state index in [2.05, 4.69) is 0 Å². The number of rotatable bonds is 2. The van der Waals surface area contributed by atoms with Crippen molar-refractivity contribution in [1.29, 1.82) is 0 Å². The van der Waals surface area contributed by atoms with Crippen molar-refractivity contribution in [1.82, 2.24) is 0 Å². The van der Waals surface area contributed by atoms with Gasteiger partial charge in [0.1, 0.15) is 13.2 Å². The van der Waals surface area contributed by atoms with Crippen molar-refractivity contribution in [3.8, 4) is 0 Å². The minimum Gasteiger partial charge on any atom is -0.379 e. The van der Waals surface area contributed by atoms with Crippen LogP contribution in [0.1, 0.15) is 25.0 Å². The Kier molecular flexibility index (Phi) is 2.81. The first-order chi connectivity index (χ1) is 6.99. The number of thiazole rings is 1. The molecule has 2 rings (SSSR count). The molecule has 0 radical (unpaired) electrons. The maximum atomic E-state index is 10.1. The number of hydrogen-bond acceptors (Lipinski definition) is 4. The minimum absolute atomic E-state index is 0.273. The summed E-state index contributed by atoms with van der Waals surface area (Å²) in [6.07, 6.45) is 1.03. The molecule has 0 amide bonds. The maximum Gasteiger partial charge on any atom is 0.268 e. The average Bonchev–Trinajstić information content (AvgIpc) is 2.71. The fourth-order valence-corrected chi connectivity index (χ4v) is 2.56. The summed E-state index contributed by atoms with van der Waals surface area (Å²) >= 11 is 1.52. The Balaban J connectivity index is 2.10. The van der Waals surface area contributed by atoms with Crippen LogP contribution in [0.3, 0.4) is 0 Å². The lowest BCUT2D eigenvalue weighted by Gasteiger charge is -2.18. The van der Waals surface area contributed by atoms with Gasteiger partial charge in [-0.2, -0.15) is 4.57 Å². The number of aliphatic hydroxyl groups excluding tert-OH is 1. The van der Waals surface area contributed by atoms with E-state index in [4.69, 9.17) is 9.47 Å². The van der Waals surface area contributed by atoms with Crippen molar-refractivity contribution in [3.63, 3.8) is 0 Å². The van der Waals surface area contributed by atoms with E-state index in [1.54, 1.807) is 0 Å². The smallest absolute Gasteiger partial charge is 0.268 e. The summed E-state index contributed by atoms with van der Waals surface area (Å²) in [4.78, 5) is 0. The zero-order valence-corrected chi connectivity index (χ0v) is 9.95. The lowest BCUT2D eigenvalue weighted by atomic mass is 10.2. The summed E-state index contributed by atoms with van der Waals surface area (Å²) in [5.41, 5.74) is 0. The highest BCUT2D eigenvalue weighted by molar-refractivity contribution is 7.09. The number of hydrogen-bond donors (Lipinski definition) is 1. The molecule has 5 heteroatoms. The first-order valence-corrected chi connectivity index (χ1v) is 5.80. The van der Waals surface area contributed by atoms with E-state index in [9.17, 15) is 5.11 Å². The van der Waals surface area contributed by atoms with Gasteiger partial charge in [0.25, 0.3) is 5.01 Å². The first-order valence-electron chi connectivity index (χ1n) is 4.92. The molecule has 0 aliphatic carbocycles. The van der Waals surface area contributed by atoms with Crippen LogP contribution in [0.15, 0.2) is 11.6 Å². The van der Waals surface area contributed by atoms with Gasteiger partial charge in [-0.05, 0) is 13.8 Å². The van der Waals surface area contributed by atoms with Gasteiger partial charge in [0, 0.05) is 0 Å². The molecule has 2 atom stereocenters. The standard InChI is InChI=1S/C10H16NO3S/c1-10(2)13-6-7(14-10)8(12)9-11(3)4-5-15-9/h4-5,7-8,12H,6H2,1-3H3/q+1/t7-,8-/m1/s1. The number of aromatic nitrogens is 1. The van der Waals surface area contributed by atoms with Crippen LogP contribution in [0.4, 0.5) is 0 Å². The van der Waals surface area contributed by atoms with Crippen LogP contribution in [0.2, 0.25) is 0 Å². The predicted octanol–water partition coefficient (Wildman–Crippen LogP) is 0.757. The van der Waals surface area contributed by atoms with E-state index >= 15 is 0 Å². The third-order valence-electron chi connectivity index (χ3n) is 2.46. The van der Waals surface area contributed by atoms with E-state index in [-0.39, 0.29) is 6.10 Å². The van der Waals surface area contributed by atoms with Gasteiger partial charge >= 0.3 is 0 Å². The molecule has 0 bridgehead atoms. The van der Waals surface area contributed by atoms with E-state index in [1.807, 2.05) is 37.0 Å². The third-order valence-corrected chi connectivity index (χ3v) is 3.49. The largest absolute Gasteiger partial charge is 0.379 e. The minimum atomic E-state index is -0.614. The Morgan fingerprint density at radius 1 is 1.67 bits per heavy atom. The molecule has 1 fully saturated rings. The van der Waals surface area contributed by atoms with Crippen LogP contribution in [-0.2, 0) is 16.5 Å². The summed E-state index contributed by atoms with van der Waals surface area (Å²) in [6.45, 7) is 4.15. The zero-order valence-electron chi connectivity index (χ0n) is 9.14. The van der Waals surface area contributed by atoms with Gasteiger partial charge in [-0.15, -0.1) is 0 Å². The summed E-state index contributed by atoms with van der Waals surface area (Å²) < 4.78 is 12.9. The highest BCUT2D eigenvalue weighted by atomic mass is 32.1. The molecule has 0 saturated carbocycles. The first kappa shape index (κ1) is 11.0. The summed E-state index contributed by atoms with van der Waals surface area (Å²) in [5.74, 6) is -0.582. The molecule has 1 aromatic rings. The molecule has 1 N–H and O–H groups in total. The third kappa shape index (κ3) is 2.20. The van der Waals surface area contributed by atoms with Gasteiger partial charge in [-0.1, -0.05) is 11.3 Å². The van der Waals surface area contributed by atoms with Gasteiger partial charge in [-0.3, -0.25) is 0 Å². The summed E-state index contributed by atoms with van der Waals surface area (Å²) in [7, 11) is 1.91. The van der Waals surface area contributed by atoms with Gasteiger partial charge in [0.15, 0.2) is 18.1 Å². The van der Waals surface area contributed by atoms with Crippen LogP contribution in [0.5, 0.6) is 0 Å². The highest BCUT2D eigenvalue weighted by Crippen LogP contribution is 2.30. The Morgan fingerprint density at radius 3 is 2.87 bits per heavy atom. The number of nitrogens with zero attached hydrogens (tertiary/aromatic N) is 1. The molecule has 1 aliphatic heterocycles. The van der Waals surface area contributed by atoms with E-state index in [0.717, 1.165) is 5.01 Å². The van der Waals surface area contributed by atoms with Crippen molar-refractivity contribution in [2.45, 2.75) is 31.8 Å². The Hall–Kier alpha value is -0.490. The van der Waals surface area contributed by atoms with Crippen LogP contribution in [0.25, 0.3) is 0 Å². The number of aliphatic hydroxyl groups is 1. The van der Waals surface area contributed by atoms with Crippen molar-refractivity contribution >= 4 is 11.3 Å². The molecule has 0 spiro atoms. The van der Waals surface area contributed by atoms with E-state index in [0.29, 0.717) is 6.61 Å². The molecular weight excluding hydrogens is 214 g/mol. The highest BCUT2D eigenvalue weighted by Gasteiger charge is 2.40. The molecule has 1 aliphatic rings. The maximum absolute atomic E-state index is 10.1. The molecule has 15 heavy (non-hydrogen) atoms. The monoisotopic (exact) mass is 230 g/mol. The second kappa shape index (κ2) is 3.83. The van der Waals surface area contributed by atoms with Gasteiger partial charge < -0.3 is 14.6 Å². The second-order valence-electron chi connectivity index (χ2n) is 4.16. The lowest BCUT2D eigenvalue weighted by molar-refractivity contribution is -0.678. The van der Waals surface area contributed by atoms with Crippen molar-refractivity contribution < 1.29 is 19.1 Å². The van der Waals surface area contributed by atoms with Crippen LogP contribution >= 0.6 is 11.3 Å². The molecule has 1 aromatic heterocycles. The molecule has 0 unspecified atom stereocenters. The number of ether oxygens (including phenoxy) is 2. The molecule has 1 saturated heterocycles. The fourth-order valence-electron chi connectivity index (χ4n) is 1.66. The van der Waals surface area contributed by atoms with Crippen LogP contribution < -0.4 is 4.57 Å². The molecular formula is C10H16NO3S+. The Labute approximate surface area is 93.1 Å². The molecule has 4 nitrogen and oxygen atoms in total. The van der Waals surface area contributed by atoms with E-state index < -0.39 is 11.9 Å². The lowest BCUT2D eigenvalue weighted by Crippen LogP contribution is -2.36. The summed E-state index contributed by atoms with van der Waals surface area (Å²) in [5, 5.41) is 12.9. The van der Waals surface area contributed by atoms with Gasteiger partial charge in [0.2, 0.25) is 0 Å². The summed E-state index contributed by atoms with van der Waals surface area (Å²) in [6, 6.07) is 0. The zero-order chi connectivity index (χ0) is 11.1. The van der Waals surface area contributed by atoms with Crippen molar-refractivity contribution in [2.24, 2.45) is 7.05 Å². The second-order valence-corrected chi connectivity index (χ2v) is 5.09. The van der Waals surface area contributed by atoms with Crippen molar-refractivity contribution in [2.75, 3.05) is 6.61 Å². The molecule has 84 valence electrons. The topological polar surface area (TPSA) is 42.6 Å².